The predicted octanol–water partition coefficient (Wildman–Crippen LogP) is -0.126. The van der Waals surface area contributed by atoms with Gasteiger partial charge in [0.15, 0.2) is 11.6 Å². The van der Waals surface area contributed by atoms with Crippen LogP contribution in [0.25, 0.3) is 0 Å². The molecule has 1 aliphatic carbocycles. The van der Waals surface area contributed by atoms with Crippen molar-refractivity contribution in [3.05, 3.63) is 17.4 Å². The van der Waals surface area contributed by atoms with E-state index in [1.54, 1.807) is 4.90 Å². The van der Waals surface area contributed by atoms with Crippen molar-refractivity contribution in [3.8, 4) is 0 Å². The molecule has 4 N–H and O–H groups in total. The lowest BCUT2D eigenvalue weighted by Gasteiger charge is -2.32. The van der Waals surface area contributed by atoms with E-state index < -0.39 is 33.7 Å². The lowest BCUT2D eigenvalue weighted by molar-refractivity contribution is -0.146. The fraction of sp³-hybridized carbons (Fsp3) is 0.579. The van der Waals surface area contributed by atoms with E-state index in [9.17, 15) is 27.5 Å². The summed E-state index contributed by atoms with van der Waals surface area (Å²) in [5, 5.41) is 13.4. The average Bonchev–Trinajstić information content (AvgIpc) is 3.46. The number of aromatic nitrogens is 1. The highest BCUT2D eigenvalue weighted by Crippen LogP contribution is 2.40. The van der Waals surface area contributed by atoms with Crippen molar-refractivity contribution in [2.45, 2.75) is 25.3 Å². The molecule has 1 aromatic rings. The largest absolute Gasteiger partial charge is 0.481 e. The summed E-state index contributed by atoms with van der Waals surface area (Å²) in [6, 6.07) is 1.23. The van der Waals surface area contributed by atoms with E-state index in [0.29, 0.717) is 43.0 Å². The Hall–Kier alpha value is -2.84. The molecule has 0 unspecified atom stereocenters. The first kappa shape index (κ1) is 24.8. The molecule has 1 aromatic heterocycles. The summed E-state index contributed by atoms with van der Waals surface area (Å²) in [4.78, 5) is 36.7. The van der Waals surface area contributed by atoms with Gasteiger partial charge >= 0.3 is 5.97 Å². The topological polar surface area (TPSA) is 176 Å². The van der Waals surface area contributed by atoms with E-state index in [4.69, 9.17) is 15.1 Å². The fourth-order valence-corrected chi connectivity index (χ4v) is 3.90. The fourth-order valence-electron chi connectivity index (χ4n) is 3.90. The molecule has 0 aromatic carbocycles. The number of hydrogen-bond donors (Lipinski definition) is 3. The molecule has 4 rings (SSSR count). The summed E-state index contributed by atoms with van der Waals surface area (Å²) in [7, 11) is -2.22. The van der Waals surface area contributed by atoms with Crippen molar-refractivity contribution in [1.82, 2.24) is 4.98 Å². The molecule has 3 aliphatic rings. The molecule has 1 saturated heterocycles. The highest BCUT2D eigenvalue weighted by atomic mass is 32.2. The maximum Gasteiger partial charge on any atom is 0.316 e. The Balaban J connectivity index is 0.000000555. The van der Waals surface area contributed by atoms with Gasteiger partial charge in [-0.2, -0.15) is 8.42 Å². The number of amides is 1. The van der Waals surface area contributed by atoms with Crippen molar-refractivity contribution < 1.29 is 36.9 Å². The molecule has 33 heavy (non-hydrogen) atoms. The van der Waals surface area contributed by atoms with Crippen LogP contribution in [0.5, 0.6) is 0 Å². The molecule has 12 nitrogen and oxygen atoms in total. The Kier molecular flexibility index (Phi) is 7.19. The van der Waals surface area contributed by atoms with Crippen LogP contribution >= 0.6 is 0 Å². The van der Waals surface area contributed by atoms with Gasteiger partial charge in [0, 0.05) is 25.0 Å². The maximum atomic E-state index is 14.9. The first-order chi connectivity index (χ1) is 15.4. The van der Waals surface area contributed by atoms with Crippen LogP contribution in [0.2, 0.25) is 0 Å². The highest BCUT2D eigenvalue weighted by molar-refractivity contribution is 7.85. The molecular formula is C19H26FN5O7S. The molecule has 2 fully saturated rings. The molecule has 3 heterocycles. The zero-order valence-corrected chi connectivity index (χ0v) is 19.0. The molecule has 1 saturated carbocycles. The van der Waals surface area contributed by atoms with Crippen LogP contribution in [0.3, 0.4) is 0 Å². The van der Waals surface area contributed by atoms with Crippen molar-refractivity contribution in [2.24, 2.45) is 22.7 Å². The van der Waals surface area contributed by atoms with Crippen molar-refractivity contribution in [2.75, 3.05) is 42.8 Å². The highest BCUT2D eigenvalue weighted by Gasteiger charge is 2.45. The van der Waals surface area contributed by atoms with Gasteiger partial charge in [0.1, 0.15) is 18.8 Å². The minimum absolute atomic E-state index is 0.0568. The van der Waals surface area contributed by atoms with Crippen LogP contribution in [0.15, 0.2) is 11.2 Å². The van der Waals surface area contributed by atoms with Gasteiger partial charge < -0.3 is 20.6 Å². The van der Waals surface area contributed by atoms with Gasteiger partial charge in [-0.15, -0.1) is 0 Å². The molecular weight excluding hydrogens is 461 g/mol. The Morgan fingerprint density at radius 1 is 1.39 bits per heavy atom. The molecule has 0 bridgehead atoms. The Morgan fingerprint density at radius 3 is 2.55 bits per heavy atom. The third-order valence-electron chi connectivity index (χ3n) is 5.47. The van der Waals surface area contributed by atoms with E-state index in [0.717, 1.165) is 12.8 Å². The average molecular weight is 488 g/mol. The van der Waals surface area contributed by atoms with Gasteiger partial charge in [0.05, 0.1) is 18.5 Å². The molecule has 1 amide bonds. The second kappa shape index (κ2) is 9.57. The molecule has 14 heteroatoms. The number of carboxylic acids is 1. The van der Waals surface area contributed by atoms with Gasteiger partial charge in [0.25, 0.3) is 10.1 Å². The second-order valence-electron chi connectivity index (χ2n) is 8.12. The third kappa shape index (κ3) is 5.75. The second-order valence-corrected chi connectivity index (χ2v) is 9.59. The quantitative estimate of drug-likeness (QED) is 0.288. The zero-order chi connectivity index (χ0) is 24.5. The lowest BCUT2D eigenvalue weighted by Crippen LogP contribution is -2.46. The SMILES string of the molecule is CON=C1CN(c2nc3c(cc2F)C[C@@H](C(=O)O)C(=O)N3C2CC2)C[C@@H]1CN.CS(=O)(=O)O. The summed E-state index contributed by atoms with van der Waals surface area (Å²) in [6.45, 7) is 1.11. The minimum Gasteiger partial charge on any atom is -0.481 e. The lowest BCUT2D eigenvalue weighted by atomic mass is 9.93. The monoisotopic (exact) mass is 487 g/mol. The smallest absolute Gasteiger partial charge is 0.316 e. The molecule has 2 aliphatic heterocycles. The van der Waals surface area contributed by atoms with Gasteiger partial charge in [0.2, 0.25) is 5.91 Å². The Bertz CT molecular complexity index is 1070. The van der Waals surface area contributed by atoms with E-state index in [1.165, 1.54) is 18.1 Å². The number of aliphatic carboxylic acids is 1. The summed E-state index contributed by atoms with van der Waals surface area (Å²) < 4.78 is 40.8. The number of nitrogens with two attached hydrogens (primary N) is 1. The number of carbonyl (C=O) groups excluding carboxylic acids is 1. The van der Waals surface area contributed by atoms with Crippen LogP contribution < -0.4 is 15.5 Å². The standard InChI is InChI=1S/C18H22FN5O4.CH4O3S/c1-28-22-14-8-23(7-10(14)6-20)16-13(19)5-9-4-12(18(26)27)17(25)24(11-2-3-11)15(9)21-16;1-5(2,3)4/h5,10-12H,2-4,6-8,20H2,1H3,(H,26,27);1H3,(H,2,3,4)/t10-,12+;/m0./s1. The predicted molar refractivity (Wildman–Crippen MR) is 116 cm³/mol. The van der Waals surface area contributed by atoms with E-state index >= 15 is 0 Å². The van der Waals surface area contributed by atoms with Gasteiger partial charge in [-0.3, -0.25) is 19.0 Å². The number of halogens is 1. The first-order valence-corrected chi connectivity index (χ1v) is 12.0. The number of carboxylic acid groups (broad SMARTS) is 1. The summed E-state index contributed by atoms with van der Waals surface area (Å²) >= 11 is 0. The normalized spacial score (nSPS) is 23.8. The van der Waals surface area contributed by atoms with Crippen molar-refractivity contribution in [1.29, 1.82) is 0 Å². The van der Waals surface area contributed by atoms with Gasteiger partial charge in [-0.25, -0.2) is 9.37 Å². The Morgan fingerprint density at radius 2 is 2.03 bits per heavy atom. The number of hydrogen-bond acceptors (Lipinski definition) is 9. The van der Waals surface area contributed by atoms with Crippen molar-refractivity contribution in [3.63, 3.8) is 0 Å². The van der Waals surface area contributed by atoms with Crippen LogP contribution in [-0.4, -0.2) is 79.7 Å². The molecule has 182 valence electrons. The van der Waals surface area contributed by atoms with Gasteiger partial charge in [-0.1, -0.05) is 5.16 Å². The number of fused-ring (bicyclic) bond motifs is 1. The number of oxime groups is 1. The Labute approximate surface area is 189 Å². The number of pyridine rings is 1. The van der Waals surface area contributed by atoms with Crippen LogP contribution in [0.4, 0.5) is 16.0 Å². The van der Waals surface area contributed by atoms with E-state index in [-0.39, 0.29) is 24.2 Å². The summed E-state index contributed by atoms with van der Waals surface area (Å²) in [5.74, 6) is -3.02. The van der Waals surface area contributed by atoms with Crippen LogP contribution in [0, 0.1) is 17.7 Å². The first-order valence-electron chi connectivity index (χ1n) is 10.2. The minimum atomic E-state index is -3.67. The van der Waals surface area contributed by atoms with Crippen molar-refractivity contribution >= 4 is 39.3 Å². The zero-order valence-electron chi connectivity index (χ0n) is 18.1. The van der Waals surface area contributed by atoms with Crippen LogP contribution in [0.1, 0.15) is 18.4 Å². The summed E-state index contributed by atoms with van der Waals surface area (Å²) in [6.07, 6.45) is 2.23. The number of anilines is 2. The van der Waals surface area contributed by atoms with E-state index in [2.05, 4.69) is 10.1 Å². The number of nitrogens with zero attached hydrogens (tertiary/aromatic N) is 4. The van der Waals surface area contributed by atoms with Crippen LogP contribution in [-0.2, 0) is 31.0 Å². The van der Waals surface area contributed by atoms with E-state index in [1.807, 2.05) is 0 Å². The number of rotatable bonds is 5. The number of carbonyl (C=O) groups is 2. The summed E-state index contributed by atoms with van der Waals surface area (Å²) in [5.41, 5.74) is 6.95. The maximum absolute atomic E-state index is 14.9. The molecule has 0 spiro atoms. The molecule has 2 atom stereocenters. The third-order valence-corrected chi connectivity index (χ3v) is 5.47. The van der Waals surface area contributed by atoms with Gasteiger partial charge in [-0.05, 0) is 30.9 Å². The molecule has 0 radical (unpaired) electrons.